The van der Waals surface area contributed by atoms with Crippen molar-refractivity contribution < 1.29 is 9.72 Å². The van der Waals surface area contributed by atoms with Gasteiger partial charge in [0.05, 0.1) is 4.92 Å². The van der Waals surface area contributed by atoms with E-state index in [4.69, 9.17) is 0 Å². The second-order valence-corrected chi connectivity index (χ2v) is 3.73. The van der Waals surface area contributed by atoms with Crippen LogP contribution in [0.2, 0.25) is 0 Å². The van der Waals surface area contributed by atoms with Crippen LogP contribution in [0.15, 0.2) is 41.6 Å². The van der Waals surface area contributed by atoms with Gasteiger partial charge in [0.25, 0.3) is 11.6 Å². The van der Waals surface area contributed by atoms with Crippen molar-refractivity contribution in [2.24, 2.45) is 0 Å². The van der Waals surface area contributed by atoms with Crippen molar-refractivity contribution in [1.29, 1.82) is 0 Å². The molecule has 0 radical (unpaired) electrons. The van der Waals surface area contributed by atoms with Crippen LogP contribution in [0, 0.1) is 10.1 Å². The first-order valence-electron chi connectivity index (χ1n) is 5.02. The van der Waals surface area contributed by atoms with Crippen molar-refractivity contribution in [2.75, 3.05) is 0 Å². The van der Waals surface area contributed by atoms with E-state index in [9.17, 15) is 14.9 Å². The average Bonchev–Trinajstić information content (AvgIpc) is 2.58. The molecule has 1 N–H and O–H groups in total. The Kier molecular flexibility index (Phi) is 2.74. The van der Waals surface area contributed by atoms with E-state index in [-0.39, 0.29) is 11.6 Å². The van der Waals surface area contributed by atoms with Gasteiger partial charge < -0.3 is 5.32 Å². The molecule has 0 fully saturated rings. The molecule has 86 valence electrons. The third kappa shape index (κ3) is 2.39. The standard InChI is InChI=1S/C12H10N2O3/c1-8-6-10(12(15)13-8)7-9-2-4-11(5-3-9)14(16)17/h2-7H,1H3,(H,13,15). The Bertz CT molecular complexity index is 541. The Morgan fingerprint density at radius 2 is 1.94 bits per heavy atom. The number of carbonyl (C=O) groups excluding carboxylic acids is 1. The number of benzene rings is 1. The summed E-state index contributed by atoms with van der Waals surface area (Å²) in [7, 11) is 0. The summed E-state index contributed by atoms with van der Waals surface area (Å²) in [4.78, 5) is 21.4. The molecule has 5 nitrogen and oxygen atoms in total. The lowest BCUT2D eigenvalue weighted by atomic mass is 10.1. The normalized spacial score (nSPS) is 16.9. The van der Waals surface area contributed by atoms with E-state index in [2.05, 4.69) is 5.32 Å². The molecule has 0 atom stereocenters. The number of hydrogen-bond donors (Lipinski definition) is 1. The largest absolute Gasteiger partial charge is 0.326 e. The number of amides is 1. The maximum absolute atomic E-state index is 11.4. The first-order valence-corrected chi connectivity index (χ1v) is 5.02. The summed E-state index contributed by atoms with van der Waals surface area (Å²) in [5.41, 5.74) is 2.14. The fraction of sp³-hybridized carbons (Fsp3) is 0.0833. The summed E-state index contributed by atoms with van der Waals surface area (Å²) < 4.78 is 0. The number of non-ortho nitro benzene ring substituents is 1. The van der Waals surface area contributed by atoms with E-state index < -0.39 is 4.92 Å². The molecule has 0 aromatic heterocycles. The fourth-order valence-electron chi connectivity index (χ4n) is 1.57. The predicted octanol–water partition coefficient (Wildman–Crippen LogP) is 2.01. The molecule has 0 bridgehead atoms. The molecular weight excluding hydrogens is 220 g/mol. The molecule has 0 unspecified atom stereocenters. The fourth-order valence-corrected chi connectivity index (χ4v) is 1.57. The smallest absolute Gasteiger partial charge is 0.269 e. The number of rotatable bonds is 2. The molecule has 0 aliphatic carbocycles. The first kappa shape index (κ1) is 11.1. The van der Waals surface area contributed by atoms with E-state index in [1.165, 1.54) is 12.1 Å². The van der Waals surface area contributed by atoms with Crippen molar-refractivity contribution in [3.63, 3.8) is 0 Å². The Hall–Kier alpha value is -2.43. The van der Waals surface area contributed by atoms with Gasteiger partial charge >= 0.3 is 0 Å². The van der Waals surface area contributed by atoms with Crippen LogP contribution in [0.25, 0.3) is 6.08 Å². The summed E-state index contributed by atoms with van der Waals surface area (Å²) in [5.74, 6) is -0.152. The second-order valence-electron chi connectivity index (χ2n) is 3.73. The van der Waals surface area contributed by atoms with Crippen LogP contribution in [-0.4, -0.2) is 10.8 Å². The first-order chi connectivity index (χ1) is 8.06. The summed E-state index contributed by atoms with van der Waals surface area (Å²) in [6.45, 7) is 1.80. The second kappa shape index (κ2) is 4.21. The van der Waals surface area contributed by atoms with Crippen LogP contribution < -0.4 is 5.32 Å². The van der Waals surface area contributed by atoms with Gasteiger partial charge in [-0.3, -0.25) is 14.9 Å². The SMILES string of the molecule is CC1=CC(=Cc2ccc([N+](=O)[O-])cc2)C(=O)N1. The van der Waals surface area contributed by atoms with Crippen LogP contribution in [0.4, 0.5) is 5.69 Å². The minimum Gasteiger partial charge on any atom is -0.326 e. The van der Waals surface area contributed by atoms with E-state index >= 15 is 0 Å². The van der Waals surface area contributed by atoms with Gasteiger partial charge in [0.15, 0.2) is 0 Å². The molecule has 1 aromatic rings. The monoisotopic (exact) mass is 230 g/mol. The molecule has 2 rings (SSSR count). The molecular formula is C12H10N2O3. The highest BCUT2D eigenvalue weighted by molar-refractivity contribution is 6.04. The van der Waals surface area contributed by atoms with Gasteiger partial charge in [0, 0.05) is 23.4 Å². The lowest BCUT2D eigenvalue weighted by molar-refractivity contribution is -0.384. The lowest BCUT2D eigenvalue weighted by Crippen LogP contribution is -2.14. The number of hydrogen-bond acceptors (Lipinski definition) is 3. The van der Waals surface area contributed by atoms with Gasteiger partial charge in [-0.25, -0.2) is 0 Å². The van der Waals surface area contributed by atoms with Crippen molar-refractivity contribution in [2.45, 2.75) is 6.92 Å². The Labute approximate surface area is 97.6 Å². The number of nitrogens with one attached hydrogen (secondary N) is 1. The number of allylic oxidation sites excluding steroid dienone is 1. The number of carbonyl (C=O) groups is 1. The Morgan fingerprint density at radius 1 is 1.29 bits per heavy atom. The van der Waals surface area contributed by atoms with Crippen molar-refractivity contribution in [3.05, 3.63) is 57.3 Å². The molecule has 1 heterocycles. The minimum absolute atomic E-state index is 0.0368. The molecule has 1 amide bonds. The molecule has 0 spiro atoms. The third-order valence-corrected chi connectivity index (χ3v) is 2.37. The zero-order chi connectivity index (χ0) is 12.4. The van der Waals surface area contributed by atoms with Gasteiger partial charge in [-0.15, -0.1) is 0 Å². The molecule has 17 heavy (non-hydrogen) atoms. The van der Waals surface area contributed by atoms with Crippen LogP contribution in [0.5, 0.6) is 0 Å². The summed E-state index contributed by atoms with van der Waals surface area (Å²) in [6.07, 6.45) is 3.43. The molecule has 0 saturated carbocycles. The zero-order valence-corrected chi connectivity index (χ0v) is 9.14. The summed E-state index contributed by atoms with van der Waals surface area (Å²) in [6, 6.07) is 6.05. The molecule has 1 aliphatic rings. The van der Waals surface area contributed by atoms with E-state index in [0.717, 1.165) is 11.3 Å². The van der Waals surface area contributed by atoms with Crippen molar-refractivity contribution in [3.8, 4) is 0 Å². The summed E-state index contributed by atoms with van der Waals surface area (Å²) >= 11 is 0. The Balaban J connectivity index is 2.28. The quantitative estimate of drug-likeness (QED) is 0.480. The van der Waals surface area contributed by atoms with Gasteiger partial charge in [0.1, 0.15) is 0 Å². The molecule has 1 aromatic carbocycles. The molecule has 0 saturated heterocycles. The van der Waals surface area contributed by atoms with E-state index in [0.29, 0.717) is 5.57 Å². The minimum atomic E-state index is -0.455. The summed E-state index contributed by atoms with van der Waals surface area (Å²) in [5, 5.41) is 13.1. The number of nitro benzene ring substituents is 1. The number of nitro groups is 1. The maximum atomic E-state index is 11.4. The highest BCUT2D eigenvalue weighted by Crippen LogP contribution is 2.17. The topological polar surface area (TPSA) is 72.2 Å². The van der Waals surface area contributed by atoms with Gasteiger partial charge in [-0.2, -0.15) is 0 Å². The van der Waals surface area contributed by atoms with Crippen molar-refractivity contribution >= 4 is 17.7 Å². The maximum Gasteiger partial charge on any atom is 0.269 e. The van der Waals surface area contributed by atoms with Gasteiger partial charge in [0.2, 0.25) is 0 Å². The molecule has 5 heteroatoms. The third-order valence-electron chi connectivity index (χ3n) is 2.37. The zero-order valence-electron chi connectivity index (χ0n) is 9.14. The Morgan fingerprint density at radius 3 is 2.41 bits per heavy atom. The van der Waals surface area contributed by atoms with Gasteiger partial charge in [-0.05, 0) is 36.8 Å². The molecule has 1 aliphatic heterocycles. The number of nitrogens with zero attached hydrogens (tertiary/aromatic N) is 1. The lowest BCUT2D eigenvalue weighted by Gasteiger charge is -1.96. The van der Waals surface area contributed by atoms with Crippen LogP contribution in [0.1, 0.15) is 12.5 Å². The average molecular weight is 230 g/mol. The van der Waals surface area contributed by atoms with E-state index in [1.807, 2.05) is 0 Å². The van der Waals surface area contributed by atoms with Crippen molar-refractivity contribution in [1.82, 2.24) is 5.32 Å². The van der Waals surface area contributed by atoms with Crippen LogP contribution >= 0.6 is 0 Å². The predicted molar refractivity (Wildman–Crippen MR) is 63.0 cm³/mol. The van der Waals surface area contributed by atoms with Crippen LogP contribution in [0.3, 0.4) is 0 Å². The van der Waals surface area contributed by atoms with Crippen LogP contribution in [-0.2, 0) is 4.79 Å². The van der Waals surface area contributed by atoms with Gasteiger partial charge in [-0.1, -0.05) is 0 Å². The highest BCUT2D eigenvalue weighted by Gasteiger charge is 2.14. The van der Waals surface area contributed by atoms with E-state index in [1.54, 1.807) is 31.2 Å². The highest BCUT2D eigenvalue weighted by atomic mass is 16.6.